The molecule has 2 aromatic carbocycles. The van der Waals surface area contributed by atoms with Crippen LogP contribution in [0.4, 0.5) is 5.69 Å². The minimum Gasteiger partial charge on any atom is -0.294 e. The van der Waals surface area contributed by atoms with Gasteiger partial charge < -0.3 is 0 Å². The van der Waals surface area contributed by atoms with E-state index in [-0.39, 0.29) is 5.78 Å². The summed E-state index contributed by atoms with van der Waals surface area (Å²) in [6, 6.07) is 15.5. The number of para-hydroxylation sites is 1. The number of hydrogen-bond donors (Lipinski definition) is 0. The van der Waals surface area contributed by atoms with Crippen molar-refractivity contribution in [1.29, 1.82) is 0 Å². The van der Waals surface area contributed by atoms with Crippen LogP contribution in [0.25, 0.3) is 0 Å². The second-order valence-electron chi connectivity index (χ2n) is 5.78. The highest BCUT2D eigenvalue weighted by Crippen LogP contribution is 2.27. The number of benzene rings is 2. The molecule has 0 amide bonds. The van der Waals surface area contributed by atoms with Crippen molar-refractivity contribution in [1.82, 2.24) is 0 Å². The van der Waals surface area contributed by atoms with E-state index in [9.17, 15) is 4.79 Å². The highest BCUT2D eigenvalue weighted by Gasteiger charge is 2.12. The number of halogens is 1. The highest BCUT2D eigenvalue weighted by atomic mass is 35.5. The first-order valence-corrected chi connectivity index (χ1v) is 8.28. The van der Waals surface area contributed by atoms with Gasteiger partial charge in [-0.05, 0) is 62.4 Å². The lowest BCUT2D eigenvalue weighted by Gasteiger charge is -2.15. The van der Waals surface area contributed by atoms with E-state index in [1.807, 2.05) is 43.3 Å². The molecule has 0 aliphatic carbocycles. The topological polar surface area (TPSA) is 29.4 Å². The summed E-state index contributed by atoms with van der Waals surface area (Å²) in [6.07, 6.45) is 1.90. The van der Waals surface area contributed by atoms with Crippen molar-refractivity contribution in [3.63, 3.8) is 0 Å². The fourth-order valence-electron chi connectivity index (χ4n) is 2.71. The first-order chi connectivity index (χ1) is 11.0. The summed E-state index contributed by atoms with van der Waals surface area (Å²) >= 11 is 5.96. The van der Waals surface area contributed by atoms with Crippen LogP contribution in [0.1, 0.15) is 55.5 Å². The molecule has 120 valence electrons. The summed E-state index contributed by atoms with van der Waals surface area (Å²) in [5.41, 5.74) is 3.72. The second kappa shape index (κ2) is 8.07. The van der Waals surface area contributed by atoms with E-state index in [2.05, 4.69) is 24.0 Å². The molecule has 0 saturated heterocycles. The van der Waals surface area contributed by atoms with Gasteiger partial charge in [0, 0.05) is 16.3 Å². The summed E-state index contributed by atoms with van der Waals surface area (Å²) in [5, 5.41) is 0.754. The van der Waals surface area contributed by atoms with Crippen LogP contribution in [-0.4, -0.2) is 11.5 Å². The predicted molar refractivity (Wildman–Crippen MR) is 98.3 cm³/mol. The fourth-order valence-corrected chi connectivity index (χ4v) is 2.84. The Kier molecular flexibility index (Phi) is 6.12. The molecule has 0 aliphatic rings. The van der Waals surface area contributed by atoms with Crippen LogP contribution in [0.5, 0.6) is 0 Å². The molecule has 0 aliphatic heterocycles. The number of carbonyl (C=O) groups is 1. The van der Waals surface area contributed by atoms with Crippen LogP contribution in [0.3, 0.4) is 0 Å². The molecule has 2 aromatic rings. The van der Waals surface area contributed by atoms with Gasteiger partial charge in [-0.15, -0.1) is 0 Å². The summed E-state index contributed by atoms with van der Waals surface area (Å²) < 4.78 is 0. The Morgan fingerprint density at radius 3 is 2.35 bits per heavy atom. The van der Waals surface area contributed by atoms with Crippen LogP contribution in [0, 0.1) is 0 Å². The van der Waals surface area contributed by atoms with E-state index in [0.29, 0.717) is 11.5 Å². The third-order valence-electron chi connectivity index (χ3n) is 3.97. The van der Waals surface area contributed by atoms with Crippen LogP contribution in [0.2, 0.25) is 5.02 Å². The maximum atomic E-state index is 11.7. The van der Waals surface area contributed by atoms with Gasteiger partial charge in [-0.2, -0.15) is 0 Å². The third kappa shape index (κ3) is 4.77. The largest absolute Gasteiger partial charge is 0.294 e. The van der Waals surface area contributed by atoms with Gasteiger partial charge in [-0.3, -0.25) is 9.79 Å². The Bertz CT molecular complexity index is 704. The third-order valence-corrected chi connectivity index (χ3v) is 4.22. The number of ketones is 1. The zero-order chi connectivity index (χ0) is 16.8. The van der Waals surface area contributed by atoms with E-state index in [1.165, 1.54) is 5.56 Å². The Morgan fingerprint density at radius 1 is 1.09 bits per heavy atom. The zero-order valence-electron chi connectivity index (χ0n) is 13.8. The van der Waals surface area contributed by atoms with Gasteiger partial charge in [0.05, 0.1) is 5.69 Å². The maximum absolute atomic E-state index is 11.7. The van der Waals surface area contributed by atoms with Crippen molar-refractivity contribution in [3.8, 4) is 0 Å². The average molecular weight is 328 g/mol. The molecule has 0 heterocycles. The van der Waals surface area contributed by atoms with Crippen molar-refractivity contribution in [2.45, 2.75) is 39.5 Å². The van der Waals surface area contributed by atoms with Gasteiger partial charge in [0.2, 0.25) is 0 Å². The first kappa shape index (κ1) is 17.4. The van der Waals surface area contributed by atoms with E-state index in [0.717, 1.165) is 29.3 Å². The zero-order valence-corrected chi connectivity index (χ0v) is 14.6. The molecule has 0 radical (unpaired) electrons. The molecular formula is C20H22ClNO. The van der Waals surface area contributed by atoms with E-state index >= 15 is 0 Å². The monoisotopic (exact) mass is 327 g/mol. The number of Topliss-reactive ketones (excluding diaryl/α,β-unsaturated/α-hetero) is 1. The van der Waals surface area contributed by atoms with Gasteiger partial charge in [0.1, 0.15) is 0 Å². The molecule has 0 N–H and O–H groups in total. The number of aliphatic imine (C=N–C) groups is 1. The molecule has 1 atom stereocenters. The van der Waals surface area contributed by atoms with Gasteiger partial charge in [0.25, 0.3) is 0 Å². The van der Waals surface area contributed by atoms with Gasteiger partial charge in [-0.25, -0.2) is 0 Å². The van der Waals surface area contributed by atoms with Crippen molar-refractivity contribution >= 4 is 28.8 Å². The SMILES string of the molecule is CCC(CC(C)=Nc1ccccc1C(C)=O)c1ccc(Cl)cc1. The molecular weight excluding hydrogens is 306 g/mol. The average Bonchev–Trinajstić information content (AvgIpc) is 2.54. The summed E-state index contributed by atoms with van der Waals surface area (Å²) in [5.74, 6) is 0.447. The van der Waals surface area contributed by atoms with Gasteiger partial charge in [0.15, 0.2) is 5.78 Å². The first-order valence-electron chi connectivity index (χ1n) is 7.90. The minimum atomic E-state index is 0.0434. The lowest BCUT2D eigenvalue weighted by molar-refractivity contribution is 0.101. The Hall–Kier alpha value is -1.93. The Morgan fingerprint density at radius 2 is 1.74 bits per heavy atom. The molecule has 3 heteroatoms. The fraction of sp³-hybridized carbons (Fsp3) is 0.300. The molecule has 23 heavy (non-hydrogen) atoms. The molecule has 0 aromatic heterocycles. The Labute approximate surface area is 143 Å². The van der Waals surface area contributed by atoms with Crippen molar-refractivity contribution in [2.24, 2.45) is 4.99 Å². The lowest BCUT2D eigenvalue weighted by atomic mass is 9.91. The standard InChI is InChI=1S/C20H22ClNO/c1-4-16(17-9-11-18(21)12-10-17)13-14(2)22-20-8-6-5-7-19(20)15(3)23/h5-12,16H,4,13H2,1-3H3. The van der Waals surface area contributed by atoms with E-state index in [4.69, 9.17) is 11.6 Å². The summed E-state index contributed by atoms with van der Waals surface area (Å²) in [6.45, 7) is 5.78. The second-order valence-corrected chi connectivity index (χ2v) is 6.22. The van der Waals surface area contributed by atoms with Crippen LogP contribution >= 0.6 is 11.6 Å². The number of rotatable bonds is 6. The molecule has 0 fully saturated rings. The van der Waals surface area contributed by atoms with Crippen molar-refractivity contribution in [3.05, 3.63) is 64.7 Å². The smallest absolute Gasteiger partial charge is 0.161 e. The molecule has 1 unspecified atom stereocenters. The molecule has 2 rings (SSSR count). The van der Waals surface area contributed by atoms with Crippen molar-refractivity contribution < 1.29 is 4.79 Å². The minimum absolute atomic E-state index is 0.0434. The number of hydrogen-bond acceptors (Lipinski definition) is 2. The predicted octanol–water partition coefficient (Wildman–Crippen LogP) is 6.22. The molecule has 2 nitrogen and oxygen atoms in total. The Balaban J connectivity index is 2.21. The van der Waals surface area contributed by atoms with Gasteiger partial charge >= 0.3 is 0 Å². The van der Waals surface area contributed by atoms with Crippen molar-refractivity contribution in [2.75, 3.05) is 0 Å². The van der Waals surface area contributed by atoms with E-state index in [1.54, 1.807) is 6.92 Å². The maximum Gasteiger partial charge on any atom is 0.161 e. The normalized spacial score (nSPS) is 13.0. The van der Waals surface area contributed by atoms with Crippen LogP contribution in [0.15, 0.2) is 53.5 Å². The number of carbonyl (C=O) groups excluding carboxylic acids is 1. The molecule has 0 bridgehead atoms. The van der Waals surface area contributed by atoms with E-state index < -0.39 is 0 Å². The highest BCUT2D eigenvalue weighted by molar-refractivity contribution is 6.30. The summed E-state index contributed by atoms with van der Waals surface area (Å²) in [4.78, 5) is 16.4. The molecule has 0 spiro atoms. The number of nitrogens with zero attached hydrogens (tertiary/aromatic N) is 1. The van der Waals surface area contributed by atoms with Gasteiger partial charge in [-0.1, -0.05) is 42.8 Å². The summed E-state index contributed by atoms with van der Waals surface area (Å²) in [7, 11) is 0. The quantitative estimate of drug-likeness (QED) is 0.457. The molecule has 0 saturated carbocycles. The van der Waals surface area contributed by atoms with Crippen LogP contribution < -0.4 is 0 Å². The lowest BCUT2D eigenvalue weighted by Crippen LogP contribution is -2.04. The van der Waals surface area contributed by atoms with Crippen LogP contribution in [-0.2, 0) is 0 Å².